The van der Waals surface area contributed by atoms with Crippen LogP contribution < -0.4 is 5.32 Å². The Labute approximate surface area is 157 Å². The van der Waals surface area contributed by atoms with Gasteiger partial charge in [-0.15, -0.1) is 11.8 Å². The number of amides is 1. The average molecular weight is 363 g/mol. The minimum Gasteiger partial charge on any atom is -0.309 e. The van der Waals surface area contributed by atoms with E-state index in [1.165, 1.54) is 16.0 Å². The first-order valence-electron chi connectivity index (χ1n) is 8.71. The molecule has 0 radical (unpaired) electrons. The van der Waals surface area contributed by atoms with Gasteiger partial charge in [0.15, 0.2) is 5.82 Å². The number of thioether (sulfide) groups is 1. The van der Waals surface area contributed by atoms with E-state index in [4.69, 9.17) is 5.10 Å². The zero-order valence-electron chi connectivity index (χ0n) is 14.9. The summed E-state index contributed by atoms with van der Waals surface area (Å²) in [6.07, 6.45) is 2.54. The minimum atomic E-state index is 0.0303. The van der Waals surface area contributed by atoms with Crippen LogP contribution in [0.1, 0.15) is 34.7 Å². The van der Waals surface area contributed by atoms with Gasteiger partial charge in [0, 0.05) is 28.5 Å². The van der Waals surface area contributed by atoms with E-state index >= 15 is 0 Å². The van der Waals surface area contributed by atoms with Gasteiger partial charge in [-0.2, -0.15) is 5.10 Å². The quantitative estimate of drug-likeness (QED) is 0.697. The lowest BCUT2D eigenvalue weighted by Gasteiger charge is -2.24. The topological polar surface area (TPSA) is 46.9 Å². The van der Waals surface area contributed by atoms with Crippen molar-refractivity contribution < 1.29 is 4.79 Å². The second-order valence-corrected chi connectivity index (χ2v) is 7.39. The Kier molecular flexibility index (Phi) is 4.55. The van der Waals surface area contributed by atoms with Crippen LogP contribution >= 0.6 is 11.8 Å². The number of aromatic nitrogens is 2. The Morgan fingerprint density at radius 2 is 1.88 bits per heavy atom. The zero-order valence-corrected chi connectivity index (χ0v) is 15.7. The molecule has 2 aromatic carbocycles. The number of fused-ring (bicyclic) bond motifs is 1. The van der Waals surface area contributed by atoms with Gasteiger partial charge in [-0.1, -0.05) is 48.5 Å². The summed E-state index contributed by atoms with van der Waals surface area (Å²) in [6, 6.07) is 18.6. The van der Waals surface area contributed by atoms with Crippen LogP contribution in [-0.4, -0.2) is 21.9 Å². The van der Waals surface area contributed by atoms with Crippen LogP contribution in [0.5, 0.6) is 0 Å². The molecule has 4 nitrogen and oxygen atoms in total. The maximum absolute atomic E-state index is 12.3. The molecule has 3 aromatic rings. The molecule has 1 atom stereocenters. The number of nitrogens with one attached hydrogen (secondary N) is 1. The normalized spacial score (nSPS) is 16.2. The summed E-state index contributed by atoms with van der Waals surface area (Å²) in [5, 5.41) is 7.67. The number of anilines is 1. The Balaban J connectivity index is 1.78. The monoisotopic (exact) mass is 363 g/mol. The SMILES string of the molecule is CSc1ccccc1[C@@H]1CC(=O)Nc2nn(Cc3ccccc3)c(C)c21. The first-order valence-corrected chi connectivity index (χ1v) is 9.94. The number of rotatable bonds is 4. The lowest BCUT2D eigenvalue weighted by molar-refractivity contribution is -0.116. The zero-order chi connectivity index (χ0) is 18.1. The van der Waals surface area contributed by atoms with E-state index in [1.54, 1.807) is 11.8 Å². The molecule has 5 heteroatoms. The highest BCUT2D eigenvalue weighted by Gasteiger charge is 2.32. The fraction of sp³-hybridized carbons (Fsp3) is 0.238. The van der Waals surface area contributed by atoms with Crippen molar-refractivity contribution in [2.24, 2.45) is 0 Å². The van der Waals surface area contributed by atoms with Gasteiger partial charge in [0.25, 0.3) is 0 Å². The Hall–Kier alpha value is -2.53. The van der Waals surface area contributed by atoms with Crippen molar-refractivity contribution in [1.29, 1.82) is 0 Å². The van der Waals surface area contributed by atoms with Gasteiger partial charge in [-0.05, 0) is 30.4 Å². The largest absolute Gasteiger partial charge is 0.309 e. The third-order valence-corrected chi connectivity index (χ3v) is 5.75. The Morgan fingerprint density at radius 1 is 1.15 bits per heavy atom. The summed E-state index contributed by atoms with van der Waals surface area (Å²) in [4.78, 5) is 13.5. The van der Waals surface area contributed by atoms with Gasteiger partial charge in [-0.25, -0.2) is 0 Å². The highest BCUT2D eigenvalue weighted by atomic mass is 32.2. The molecule has 1 aliphatic heterocycles. The molecule has 0 bridgehead atoms. The summed E-state index contributed by atoms with van der Waals surface area (Å²) in [7, 11) is 0. The smallest absolute Gasteiger partial charge is 0.226 e. The predicted octanol–water partition coefficient (Wildman–Crippen LogP) is 4.44. The molecular weight excluding hydrogens is 342 g/mol. The van der Waals surface area contributed by atoms with Crippen molar-refractivity contribution in [3.63, 3.8) is 0 Å². The molecule has 132 valence electrons. The molecule has 1 aliphatic rings. The summed E-state index contributed by atoms with van der Waals surface area (Å²) in [5.41, 5.74) is 4.66. The van der Waals surface area contributed by atoms with Crippen LogP contribution in [0.15, 0.2) is 59.5 Å². The standard InChI is InChI=1S/C21H21N3OS/c1-14-20-17(16-10-6-7-11-18(16)26-2)12-19(25)22-21(20)23-24(14)13-15-8-4-3-5-9-15/h3-11,17H,12-13H2,1-2H3,(H,22,23,25)/t17-/m0/s1. The first kappa shape index (κ1) is 16.9. The third-order valence-electron chi connectivity index (χ3n) is 4.94. The second-order valence-electron chi connectivity index (χ2n) is 6.54. The Morgan fingerprint density at radius 3 is 2.65 bits per heavy atom. The van der Waals surface area contributed by atoms with Gasteiger partial charge in [0.05, 0.1) is 6.54 Å². The van der Waals surface area contributed by atoms with Crippen LogP contribution in [0.2, 0.25) is 0 Å². The number of carbonyl (C=O) groups excluding carboxylic acids is 1. The first-order chi connectivity index (χ1) is 12.7. The van der Waals surface area contributed by atoms with Crippen molar-refractivity contribution in [2.45, 2.75) is 30.7 Å². The van der Waals surface area contributed by atoms with Crippen LogP contribution in [0.4, 0.5) is 5.82 Å². The van der Waals surface area contributed by atoms with Crippen LogP contribution in [0.3, 0.4) is 0 Å². The fourth-order valence-electron chi connectivity index (χ4n) is 3.67. The third kappa shape index (κ3) is 3.03. The summed E-state index contributed by atoms with van der Waals surface area (Å²) in [5.74, 6) is 0.783. The van der Waals surface area contributed by atoms with Crippen molar-refractivity contribution in [3.05, 3.63) is 77.0 Å². The maximum Gasteiger partial charge on any atom is 0.226 e. The molecule has 4 rings (SSSR count). The maximum atomic E-state index is 12.3. The van der Waals surface area contributed by atoms with Crippen LogP contribution in [0, 0.1) is 6.92 Å². The van der Waals surface area contributed by atoms with E-state index in [-0.39, 0.29) is 11.8 Å². The Bertz CT molecular complexity index is 949. The van der Waals surface area contributed by atoms with E-state index in [2.05, 4.69) is 42.8 Å². The van der Waals surface area contributed by atoms with Gasteiger partial charge in [0.1, 0.15) is 0 Å². The number of hydrogen-bond acceptors (Lipinski definition) is 3. The van der Waals surface area contributed by atoms with Crippen molar-refractivity contribution in [2.75, 3.05) is 11.6 Å². The molecule has 1 aromatic heterocycles. The minimum absolute atomic E-state index is 0.0303. The van der Waals surface area contributed by atoms with E-state index in [1.807, 2.05) is 35.0 Å². The van der Waals surface area contributed by atoms with Gasteiger partial charge in [0.2, 0.25) is 5.91 Å². The molecule has 1 amide bonds. The molecule has 0 spiro atoms. The van der Waals surface area contributed by atoms with Gasteiger partial charge < -0.3 is 5.32 Å². The molecular formula is C21H21N3OS. The number of benzene rings is 2. The number of carbonyl (C=O) groups is 1. The molecule has 2 heterocycles. The van der Waals surface area contributed by atoms with E-state index in [9.17, 15) is 4.79 Å². The van der Waals surface area contributed by atoms with Gasteiger partial charge >= 0.3 is 0 Å². The van der Waals surface area contributed by atoms with Crippen molar-refractivity contribution in [3.8, 4) is 0 Å². The van der Waals surface area contributed by atoms with Crippen LogP contribution in [-0.2, 0) is 11.3 Å². The second kappa shape index (κ2) is 7.00. The lowest BCUT2D eigenvalue weighted by Crippen LogP contribution is -2.23. The molecule has 26 heavy (non-hydrogen) atoms. The summed E-state index contributed by atoms with van der Waals surface area (Å²) < 4.78 is 2.00. The number of nitrogens with zero attached hydrogens (tertiary/aromatic N) is 2. The highest BCUT2D eigenvalue weighted by molar-refractivity contribution is 7.98. The lowest BCUT2D eigenvalue weighted by atomic mass is 9.86. The predicted molar refractivity (Wildman–Crippen MR) is 106 cm³/mol. The molecule has 0 fully saturated rings. The fourth-order valence-corrected chi connectivity index (χ4v) is 4.33. The highest BCUT2D eigenvalue weighted by Crippen LogP contribution is 2.41. The summed E-state index contributed by atoms with van der Waals surface area (Å²) in [6.45, 7) is 2.80. The molecule has 0 saturated heterocycles. The molecule has 0 saturated carbocycles. The number of hydrogen-bond donors (Lipinski definition) is 1. The van der Waals surface area contributed by atoms with E-state index in [0.29, 0.717) is 18.8 Å². The summed E-state index contributed by atoms with van der Waals surface area (Å²) >= 11 is 1.72. The van der Waals surface area contributed by atoms with Gasteiger partial charge in [-0.3, -0.25) is 9.48 Å². The van der Waals surface area contributed by atoms with E-state index < -0.39 is 0 Å². The molecule has 1 N–H and O–H groups in total. The molecule has 0 unspecified atom stereocenters. The van der Waals surface area contributed by atoms with Crippen molar-refractivity contribution in [1.82, 2.24) is 9.78 Å². The average Bonchev–Trinajstić information content (AvgIpc) is 2.97. The van der Waals surface area contributed by atoms with Crippen LogP contribution in [0.25, 0.3) is 0 Å². The van der Waals surface area contributed by atoms with E-state index in [0.717, 1.165) is 11.3 Å². The van der Waals surface area contributed by atoms with Crippen molar-refractivity contribution >= 4 is 23.5 Å². The molecule has 0 aliphatic carbocycles.